The Balaban J connectivity index is 2.80. The molecular weight excluding hydrogens is 228 g/mol. The topological polar surface area (TPSA) is 83.8 Å². The van der Waals surface area contributed by atoms with Crippen molar-refractivity contribution in [3.05, 3.63) is 11.8 Å². The first-order chi connectivity index (χ1) is 8.23. The maximum atomic E-state index is 12.1. The molecule has 1 aromatic rings. The zero-order valence-electron chi connectivity index (χ0n) is 11.9. The van der Waals surface area contributed by atoms with Crippen LogP contribution in [0.15, 0.2) is 6.07 Å². The molecule has 0 fully saturated rings. The smallest absolute Gasteiger partial charge is 0.245 e. The standard InChI is InChI=1S/C13H24N4O/c1-6-13(14,7-2)11(18)15-10-8-9(16-17-10)12(3,4)5/h8H,6-7,14H2,1-5H3,(H2,15,16,17,18). The molecule has 18 heavy (non-hydrogen) atoms. The Labute approximate surface area is 109 Å². The Morgan fingerprint density at radius 1 is 1.39 bits per heavy atom. The molecule has 0 atom stereocenters. The van der Waals surface area contributed by atoms with Crippen molar-refractivity contribution >= 4 is 11.7 Å². The highest BCUT2D eigenvalue weighted by Crippen LogP contribution is 2.22. The first-order valence-corrected chi connectivity index (χ1v) is 6.39. The number of H-pyrrole nitrogens is 1. The van der Waals surface area contributed by atoms with E-state index in [-0.39, 0.29) is 11.3 Å². The van der Waals surface area contributed by atoms with Gasteiger partial charge in [-0.05, 0) is 12.8 Å². The number of carbonyl (C=O) groups is 1. The lowest BCUT2D eigenvalue weighted by atomic mass is 9.92. The molecule has 0 bridgehead atoms. The number of anilines is 1. The van der Waals surface area contributed by atoms with Crippen molar-refractivity contribution in [3.63, 3.8) is 0 Å². The van der Waals surface area contributed by atoms with Crippen LogP contribution in [-0.4, -0.2) is 21.6 Å². The van der Waals surface area contributed by atoms with Gasteiger partial charge in [0, 0.05) is 17.2 Å². The van der Waals surface area contributed by atoms with Crippen LogP contribution in [0, 0.1) is 0 Å². The van der Waals surface area contributed by atoms with Crippen molar-refractivity contribution in [2.24, 2.45) is 5.73 Å². The fourth-order valence-corrected chi connectivity index (χ4v) is 1.58. The maximum absolute atomic E-state index is 12.1. The molecule has 1 amide bonds. The van der Waals surface area contributed by atoms with Crippen LogP contribution in [0.4, 0.5) is 5.82 Å². The van der Waals surface area contributed by atoms with Crippen molar-refractivity contribution in [3.8, 4) is 0 Å². The average molecular weight is 252 g/mol. The van der Waals surface area contributed by atoms with E-state index in [1.54, 1.807) is 0 Å². The summed E-state index contributed by atoms with van der Waals surface area (Å²) in [5.41, 5.74) is 6.17. The van der Waals surface area contributed by atoms with Crippen LogP contribution in [0.3, 0.4) is 0 Å². The third kappa shape index (κ3) is 3.10. The highest BCUT2D eigenvalue weighted by molar-refractivity contribution is 5.97. The molecule has 0 saturated heterocycles. The Bertz CT molecular complexity index is 413. The number of aromatic nitrogens is 2. The second kappa shape index (κ2) is 5.10. The van der Waals surface area contributed by atoms with Gasteiger partial charge >= 0.3 is 0 Å². The number of amides is 1. The average Bonchev–Trinajstić information content (AvgIpc) is 2.76. The van der Waals surface area contributed by atoms with Gasteiger partial charge in [-0.1, -0.05) is 34.6 Å². The molecule has 0 unspecified atom stereocenters. The number of aromatic amines is 1. The Kier molecular flexibility index (Phi) is 4.16. The zero-order valence-corrected chi connectivity index (χ0v) is 11.9. The van der Waals surface area contributed by atoms with Crippen molar-refractivity contribution in [2.75, 3.05) is 5.32 Å². The molecule has 0 aliphatic heterocycles. The fourth-order valence-electron chi connectivity index (χ4n) is 1.58. The minimum atomic E-state index is -0.819. The Morgan fingerprint density at radius 2 is 1.94 bits per heavy atom. The second-order valence-electron chi connectivity index (χ2n) is 5.73. The molecule has 5 nitrogen and oxygen atoms in total. The third-order valence-electron chi connectivity index (χ3n) is 3.34. The SMILES string of the molecule is CCC(N)(CC)C(=O)Nc1cc(C(C)(C)C)[nH]n1. The maximum Gasteiger partial charge on any atom is 0.245 e. The predicted molar refractivity (Wildman–Crippen MR) is 73.4 cm³/mol. The molecule has 0 aliphatic rings. The molecule has 1 heterocycles. The van der Waals surface area contributed by atoms with E-state index < -0.39 is 5.54 Å². The van der Waals surface area contributed by atoms with Gasteiger partial charge in [0.25, 0.3) is 0 Å². The number of hydrogen-bond acceptors (Lipinski definition) is 3. The van der Waals surface area contributed by atoms with Gasteiger partial charge in [0.1, 0.15) is 0 Å². The summed E-state index contributed by atoms with van der Waals surface area (Å²) >= 11 is 0. The molecule has 0 aromatic carbocycles. The van der Waals surface area contributed by atoms with Crippen molar-refractivity contribution in [1.29, 1.82) is 0 Å². The van der Waals surface area contributed by atoms with Gasteiger partial charge in [0.2, 0.25) is 5.91 Å². The summed E-state index contributed by atoms with van der Waals surface area (Å²) in [6.45, 7) is 10.1. The summed E-state index contributed by atoms with van der Waals surface area (Å²) in [5, 5.41) is 9.80. The second-order valence-corrected chi connectivity index (χ2v) is 5.73. The minimum Gasteiger partial charge on any atom is -0.317 e. The Hall–Kier alpha value is -1.36. The van der Waals surface area contributed by atoms with Crippen LogP contribution in [0.5, 0.6) is 0 Å². The number of rotatable bonds is 4. The summed E-state index contributed by atoms with van der Waals surface area (Å²) in [5.74, 6) is 0.348. The third-order valence-corrected chi connectivity index (χ3v) is 3.34. The highest BCUT2D eigenvalue weighted by atomic mass is 16.2. The van der Waals surface area contributed by atoms with Gasteiger partial charge in [-0.3, -0.25) is 9.89 Å². The van der Waals surface area contributed by atoms with Crippen molar-refractivity contribution in [2.45, 2.75) is 58.4 Å². The van der Waals surface area contributed by atoms with Crippen LogP contribution in [0.1, 0.15) is 53.2 Å². The fraction of sp³-hybridized carbons (Fsp3) is 0.692. The highest BCUT2D eigenvalue weighted by Gasteiger charge is 2.30. The van der Waals surface area contributed by atoms with Crippen molar-refractivity contribution < 1.29 is 4.79 Å². The molecule has 0 aliphatic carbocycles. The van der Waals surface area contributed by atoms with Crippen LogP contribution in [0.2, 0.25) is 0 Å². The summed E-state index contributed by atoms with van der Waals surface area (Å²) in [6.07, 6.45) is 1.21. The van der Waals surface area contributed by atoms with Gasteiger partial charge in [0.05, 0.1) is 5.54 Å². The summed E-state index contributed by atoms with van der Waals surface area (Å²) in [4.78, 5) is 12.1. The first-order valence-electron chi connectivity index (χ1n) is 6.39. The van der Waals surface area contributed by atoms with Gasteiger partial charge < -0.3 is 11.1 Å². The zero-order chi connectivity index (χ0) is 14.0. The van der Waals surface area contributed by atoms with E-state index in [0.29, 0.717) is 18.7 Å². The number of nitrogens with one attached hydrogen (secondary N) is 2. The first kappa shape index (κ1) is 14.7. The molecule has 1 aromatic heterocycles. The van der Waals surface area contributed by atoms with E-state index in [4.69, 9.17) is 5.73 Å². The van der Waals surface area contributed by atoms with E-state index in [1.165, 1.54) is 0 Å². The number of hydrogen-bond donors (Lipinski definition) is 3. The number of nitrogens with two attached hydrogens (primary N) is 1. The van der Waals surface area contributed by atoms with Crippen LogP contribution < -0.4 is 11.1 Å². The van der Waals surface area contributed by atoms with Gasteiger partial charge in [-0.15, -0.1) is 0 Å². The summed E-state index contributed by atoms with van der Waals surface area (Å²) in [7, 11) is 0. The lowest BCUT2D eigenvalue weighted by molar-refractivity contribution is -0.121. The van der Waals surface area contributed by atoms with Gasteiger partial charge in [0.15, 0.2) is 5.82 Å². The quantitative estimate of drug-likeness (QED) is 0.767. The van der Waals surface area contributed by atoms with E-state index in [9.17, 15) is 4.79 Å². The Morgan fingerprint density at radius 3 is 2.33 bits per heavy atom. The van der Waals surface area contributed by atoms with E-state index >= 15 is 0 Å². The molecule has 0 spiro atoms. The van der Waals surface area contributed by atoms with Gasteiger partial charge in [-0.25, -0.2) is 0 Å². The summed E-state index contributed by atoms with van der Waals surface area (Å²) in [6, 6.07) is 1.85. The molecule has 5 heteroatoms. The van der Waals surface area contributed by atoms with Crippen LogP contribution >= 0.6 is 0 Å². The summed E-state index contributed by atoms with van der Waals surface area (Å²) < 4.78 is 0. The largest absolute Gasteiger partial charge is 0.317 e. The molecular formula is C13H24N4O. The van der Waals surface area contributed by atoms with Gasteiger partial charge in [-0.2, -0.15) is 5.10 Å². The molecule has 0 radical (unpaired) electrons. The predicted octanol–water partition coefficient (Wildman–Crippen LogP) is 2.16. The number of nitrogens with zero attached hydrogens (tertiary/aromatic N) is 1. The van der Waals surface area contributed by atoms with E-state index in [1.807, 2.05) is 19.9 Å². The number of carbonyl (C=O) groups excluding carboxylic acids is 1. The van der Waals surface area contributed by atoms with Crippen LogP contribution in [-0.2, 0) is 10.2 Å². The molecule has 1 rings (SSSR count). The molecule has 4 N–H and O–H groups in total. The van der Waals surface area contributed by atoms with E-state index in [2.05, 4.69) is 36.3 Å². The lowest BCUT2D eigenvalue weighted by Crippen LogP contribution is -2.50. The minimum absolute atomic E-state index is 0.0225. The molecule has 102 valence electrons. The lowest BCUT2D eigenvalue weighted by Gasteiger charge is -2.24. The normalized spacial score (nSPS) is 12.6. The molecule has 0 saturated carbocycles. The van der Waals surface area contributed by atoms with Crippen molar-refractivity contribution in [1.82, 2.24) is 10.2 Å². The monoisotopic (exact) mass is 252 g/mol. The van der Waals surface area contributed by atoms with E-state index in [0.717, 1.165) is 5.69 Å². The van der Waals surface area contributed by atoms with Crippen LogP contribution in [0.25, 0.3) is 0 Å².